The second kappa shape index (κ2) is 8.68. The summed E-state index contributed by atoms with van der Waals surface area (Å²) in [5.41, 5.74) is 2.38. The fourth-order valence-corrected chi connectivity index (χ4v) is 5.92. The van der Waals surface area contributed by atoms with E-state index in [1.54, 1.807) is 37.4 Å². The van der Waals surface area contributed by atoms with Gasteiger partial charge < -0.3 is 10.1 Å². The van der Waals surface area contributed by atoms with E-state index in [0.717, 1.165) is 49.8 Å². The number of anilines is 2. The van der Waals surface area contributed by atoms with E-state index in [-0.39, 0.29) is 16.7 Å². The predicted octanol–water partition coefficient (Wildman–Crippen LogP) is 4.36. The number of rotatable bonds is 5. The molecule has 0 radical (unpaired) electrons. The Morgan fingerprint density at radius 1 is 1.03 bits per heavy atom. The summed E-state index contributed by atoms with van der Waals surface area (Å²) in [6.07, 6.45) is 6.86. The molecule has 0 spiro atoms. The Morgan fingerprint density at radius 2 is 1.77 bits per heavy atom. The summed E-state index contributed by atoms with van der Waals surface area (Å²) in [4.78, 5) is 12.8. The SMILES string of the molecule is COc1ccc(S(=O)(=O)N2CCCc3cc(NC(=O)C4CCCCC4)ccc32)cc1. The molecule has 1 saturated carbocycles. The Balaban J connectivity index is 1.56. The van der Waals surface area contributed by atoms with Crippen molar-refractivity contribution in [2.24, 2.45) is 5.92 Å². The lowest BCUT2D eigenvalue weighted by atomic mass is 9.88. The first-order chi connectivity index (χ1) is 14.5. The highest BCUT2D eigenvalue weighted by Crippen LogP contribution is 2.34. The van der Waals surface area contributed by atoms with Gasteiger partial charge in [-0.25, -0.2) is 8.42 Å². The lowest BCUT2D eigenvalue weighted by Crippen LogP contribution is -2.35. The van der Waals surface area contributed by atoms with E-state index >= 15 is 0 Å². The molecule has 2 aliphatic rings. The summed E-state index contributed by atoms with van der Waals surface area (Å²) in [6.45, 7) is 0.440. The highest BCUT2D eigenvalue weighted by atomic mass is 32.2. The van der Waals surface area contributed by atoms with Gasteiger partial charge in [-0.15, -0.1) is 0 Å². The van der Waals surface area contributed by atoms with Crippen molar-refractivity contribution in [1.82, 2.24) is 0 Å². The summed E-state index contributed by atoms with van der Waals surface area (Å²) < 4.78 is 33.1. The lowest BCUT2D eigenvalue weighted by molar-refractivity contribution is -0.120. The summed E-state index contributed by atoms with van der Waals surface area (Å²) in [7, 11) is -2.11. The fourth-order valence-electron chi connectivity index (χ4n) is 4.37. The number of hydrogen-bond acceptors (Lipinski definition) is 4. The Bertz CT molecular complexity index is 1010. The van der Waals surface area contributed by atoms with Crippen LogP contribution in [-0.2, 0) is 21.2 Å². The average Bonchev–Trinajstić information content (AvgIpc) is 2.79. The number of sulfonamides is 1. The van der Waals surface area contributed by atoms with Gasteiger partial charge in [-0.1, -0.05) is 19.3 Å². The van der Waals surface area contributed by atoms with Crippen LogP contribution in [0.1, 0.15) is 44.1 Å². The van der Waals surface area contributed by atoms with E-state index in [1.165, 1.54) is 10.7 Å². The largest absolute Gasteiger partial charge is 0.497 e. The van der Waals surface area contributed by atoms with Crippen LogP contribution in [0.15, 0.2) is 47.4 Å². The molecule has 1 aliphatic carbocycles. The van der Waals surface area contributed by atoms with E-state index in [1.807, 2.05) is 12.1 Å². The first kappa shape index (κ1) is 20.7. The number of nitrogens with one attached hydrogen (secondary N) is 1. The first-order valence-corrected chi connectivity index (χ1v) is 12.0. The number of fused-ring (bicyclic) bond motifs is 1. The minimum Gasteiger partial charge on any atom is -0.497 e. The van der Waals surface area contributed by atoms with Gasteiger partial charge in [-0.05, 0) is 73.7 Å². The highest BCUT2D eigenvalue weighted by molar-refractivity contribution is 7.92. The van der Waals surface area contributed by atoms with Gasteiger partial charge in [0.05, 0.1) is 17.7 Å². The average molecular weight is 429 g/mol. The van der Waals surface area contributed by atoms with Crippen molar-refractivity contribution in [3.05, 3.63) is 48.0 Å². The molecule has 1 N–H and O–H groups in total. The van der Waals surface area contributed by atoms with E-state index < -0.39 is 10.0 Å². The molecule has 0 bridgehead atoms. The molecule has 7 heteroatoms. The van der Waals surface area contributed by atoms with Crippen molar-refractivity contribution >= 4 is 27.3 Å². The number of methoxy groups -OCH3 is 1. The summed E-state index contributed by atoms with van der Waals surface area (Å²) in [5, 5.41) is 3.04. The van der Waals surface area contributed by atoms with Crippen LogP contribution in [0.5, 0.6) is 5.75 Å². The summed E-state index contributed by atoms with van der Waals surface area (Å²) >= 11 is 0. The number of benzene rings is 2. The number of aryl methyl sites for hydroxylation is 1. The Hall–Kier alpha value is -2.54. The highest BCUT2D eigenvalue weighted by Gasteiger charge is 2.29. The Kier molecular flexibility index (Phi) is 5.99. The smallest absolute Gasteiger partial charge is 0.264 e. The Morgan fingerprint density at radius 3 is 2.47 bits per heavy atom. The van der Waals surface area contributed by atoms with Crippen molar-refractivity contribution in [2.75, 3.05) is 23.3 Å². The van der Waals surface area contributed by atoms with Crippen LogP contribution in [0.4, 0.5) is 11.4 Å². The van der Waals surface area contributed by atoms with E-state index in [4.69, 9.17) is 4.74 Å². The van der Waals surface area contributed by atoms with E-state index in [0.29, 0.717) is 18.0 Å². The van der Waals surface area contributed by atoms with Gasteiger partial charge in [0.2, 0.25) is 5.91 Å². The maximum Gasteiger partial charge on any atom is 0.264 e. The molecule has 30 heavy (non-hydrogen) atoms. The summed E-state index contributed by atoms with van der Waals surface area (Å²) in [5.74, 6) is 0.779. The van der Waals surface area contributed by atoms with Crippen molar-refractivity contribution in [3.8, 4) is 5.75 Å². The van der Waals surface area contributed by atoms with Crippen LogP contribution in [-0.4, -0.2) is 28.0 Å². The van der Waals surface area contributed by atoms with E-state index in [2.05, 4.69) is 5.32 Å². The van der Waals surface area contributed by atoms with Gasteiger partial charge in [0.15, 0.2) is 0 Å². The monoisotopic (exact) mass is 428 g/mol. The second-order valence-electron chi connectivity index (χ2n) is 8.02. The summed E-state index contributed by atoms with van der Waals surface area (Å²) in [6, 6.07) is 12.0. The molecule has 0 unspecified atom stereocenters. The zero-order chi connectivity index (χ0) is 21.1. The maximum atomic E-state index is 13.2. The van der Waals surface area contributed by atoms with Crippen LogP contribution in [0.3, 0.4) is 0 Å². The number of nitrogens with zero attached hydrogens (tertiary/aromatic N) is 1. The molecule has 160 valence electrons. The van der Waals surface area contributed by atoms with Crippen LogP contribution in [0, 0.1) is 5.92 Å². The van der Waals surface area contributed by atoms with Gasteiger partial charge >= 0.3 is 0 Å². The molecule has 6 nitrogen and oxygen atoms in total. The Labute approximate surface area is 178 Å². The minimum atomic E-state index is -3.66. The molecule has 2 aromatic carbocycles. The molecule has 1 heterocycles. The molecule has 1 aliphatic heterocycles. The molecule has 1 fully saturated rings. The molecule has 0 saturated heterocycles. The molecular formula is C23H28N2O4S. The lowest BCUT2D eigenvalue weighted by Gasteiger charge is -2.31. The zero-order valence-corrected chi connectivity index (χ0v) is 18.1. The third-order valence-electron chi connectivity index (χ3n) is 6.05. The number of carbonyl (C=O) groups is 1. The normalized spacial score (nSPS) is 17.3. The van der Waals surface area contributed by atoms with Gasteiger partial charge in [0, 0.05) is 18.2 Å². The van der Waals surface area contributed by atoms with Crippen LogP contribution >= 0.6 is 0 Å². The van der Waals surface area contributed by atoms with Crippen molar-refractivity contribution in [1.29, 1.82) is 0 Å². The zero-order valence-electron chi connectivity index (χ0n) is 17.3. The van der Waals surface area contributed by atoms with Crippen LogP contribution in [0.25, 0.3) is 0 Å². The first-order valence-electron chi connectivity index (χ1n) is 10.6. The maximum absolute atomic E-state index is 13.2. The van der Waals surface area contributed by atoms with Crippen molar-refractivity contribution < 1.29 is 17.9 Å². The molecule has 1 amide bonds. The molecule has 2 aromatic rings. The van der Waals surface area contributed by atoms with Gasteiger partial charge in [-0.2, -0.15) is 0 Å². The molecule has 4 rings (SSSR count). The van der Waals surface area contributed by atoms with Gasteiger partial charge in [0.25, 0.3) is 10.0 Å². The quantitative estimate of drug-likeness (QED) is 0.768. The van der Waals surface area contributed by atoms with E-state index in [9.17, 15) is 13.2 Å². The number of hydrogen-bond donors (Lipinski definition) is 1. The second-order valence-corrected chi connectivity index (χ2v) is 9.89. The minimum absolute atomic E-state index is 0.0770. The molecule has 0 atom stereocenters. The van der Waals surface area contributed by atoms with Gasteiger partial charge in [0.1, 0.15) is 5.75 Å². The fraction of sp³-hybridized carbons (Fsp3) is 0.435. The van der Waals surface area contributed by atoms with Crippen LogP contribution in [0.2, 0.25) is 0 Å². The molecule has 0 aromatic heterocycles. The van der Waals surface area contributed by atoms with Crippen LogP contribution < -0.4 is 14.4 Å². The van der Waals surface area contributed by atoms with Crippen molar-refractivity contribution in [3.63, 3.8) is 0 Å². The number of ether oxygens (including phenoxy) is 1. The molecular weight excluding hydrogens is 400 g/mol. The van der Waals surface area contributed by atoms with Gasteiger partial charge in [-0.3, -0.25) is 9.10 Å². The number of amides is 1. The third-order valence-corrected chi connectivity index (χ3v) is 7.87. The standard InChI is InChI=1S/C23H28N2O4S/c1-29-20-10-12-21(13-11-20)30(27,28)25-15-5-8-18-16-19(9-14-22(18)25)24-23(26)17-6-3-2-4-7-17/h9-14,16-17H,2-8,15H2,1H3,(H,24,26). The van der Waals surface area contributed by atoms with Crippen molar-refractivity contribution in [2.45, 2.75) is 49.8 Å². The number of carbonyl (C=O) groups excluding carboxylic acids is 1. The topological polar surface area (TPSA) is 75.7 Å². The third kappa shape index (κ3) is 4.17. The predicted molar refractivity (Wildman–Crippen MR) is 117 cm³/mol.